The van der Waals surface area contributed by atoms with Gasteiger partial charge in [0.2, 0.25) is 11.8 Å². The first kappa shape index (κ1) is 9.91. The summed E-state index contributed by atoms with van der Waals surface area (Å²) in [5.74, 6) is 0.330. The van der Waals surface area contributed by atoms with Crippen molar-refractivity contribution in [3.05, 3.63) is 5.82 Å². The Morgan fingerprint density at radius 3 is 2.23 bits per heavy atom. The maximum Gasteiger partial charge on any atom is 0.242 e. The molecule has 1 aromatic rings. The zero-order valence-electron chi connectivity index (χ0n) is 6.93. The van der Waals surface area contributed by atoms with E-state index in [1.807, 2.05) is 0 Å². The van der Waals surface area contributed by atoms with Gasteiger partial charge < -0.3 is 15.9 Å². The normalized spacial score (nSPS) is 10.2. The SMILES string of the molecule is Nc1c(O)nc(CCCS)nc1O. The van der Waals surface area contributed by atoms with Crippen LogP contribution in [0.3, 0.4) is 0 Å². The van der Waals surface area contributed by atoms with Crippen molar-refractivity contribution in [3.63, 3.8) is 0 Å². The number of aromatic hydroxyl groups is 2. The maximum atomic E-state index is 9.13. The summed E-state index contributed by atoms with van der Waals surface area (Å²) < 4.78 is 0. The van der Waals surface area contributed by atoms with Crippen molar-refractivity contribution in [3.8, 4) is 11.8 Å². The molecule has 0 aliphatic carbocycles. The number of thiol groups is 1. The van der Waals surface area contributed by atoms with Gasteiger partial charge in [0.15, 0.2) is 5.69 Å². The maximum absolute atomic E-state index is 9.13. The number of hydrogen-bond acceptors (Lipinski definition) is 6. The summed E-state index contributed by atoms with van der Waals surface area (Å²) in [6.45, 7) is 0. The number of rotatable bonds is 3. The van der Waals surface area contributed by atoms with Crippen LogP contribution in [-0.2, 0) is 6.42 Å². The van der Waals surface area contributed by atoms with Crippen molar-refractivity contribution in [2.45, 2.75) is 12.8 Å². The molecule has 13 heavy (non-hydrogen) atoms. The number of aromatic nitrogens is 2. The highest BCUT2D eigenvalue weighted by atomic mass is 32.1. The summed E-state index contributed by atoms with van der Waals surface area (Å²) in [5.41, 5.74) is 5.05. The molecule has 0 radical (unpaired) electrons. The molecule has 6 heteroatoms. The van der Waals surface area contributed by atoms with Crippen molar-refractivity contribution in [2.24, 2.45) is 0 Å². The molecule has 72 valence electrons. The Kier molecular flexibility index (Phi) is 3.18. The van der Waals surface area contributed by atoms with Gasteiger partial charge in [-0.05, 0) is 12.2 Å². The second kappa shape index (κ2) is 4.18. The number of nitrogens with two attached hydrogens (primary N) is 1. The number of aryl methyl sites for hydroxylation is 1. The fourth-order valence-electron chi connectivity index (χ4n) is 0.839. The van der Waals surface area contributed by atoms with Gasteiger partial charge in [-0.3, -0.25) is 0 Å². The molecule has 0 unspecified atom stereocenters. The zero-order chi connectivity index (χ0) is 9.84. The van der Waals surface area contributed by atoms with Gasteiger partial charge in [-0.2, -0.15) is 22.6 Å². The first-order chi connectivity index (χ1) is 6.15. The van der Waals surface area contributed by atoms with E-state index in [2.05, 4.69) is 22.6 Å². The van der Waals surface area contributed by atoms with Crippen molar-refractivity contribution in [2.75, 3.05) is 11.5 Å². The lowest BCUT2D eigenvalue weighted by Gasteiger charge is -2.03. The predicted molar refractivity (Wildman–Crippen MR) is 51.9 cm³/mol. The molecule has 0 amide bonds. The highest BCUT2D eigenvalue weighted by Gasteiger charge is 2.08. The average molecular weight is 201 g/mol. The van der Waals surface area contributed by atoms with Crippen LogP contribution in [0, 0.1) is 0 Å². The Hall–Kier alpha value is -1.17. The van der Waals surface area contributed by atoms with Gasteiger partial charge in [0, 0.05) is 6.42 Å². The second-order valence-corrected chi connectivity index (χ2v) is 2.98. The second-order valence-electron chi connectivity index (χ2n) is 2.53. The molecule has 0 aromatic carbocycles. The molecule has 0 aliphatic rings. The summed E-state index contributed by atoms with van der Waals surface area (Å²) in [4.78, 5) is 7.39. The van der Waals surface area contributed by atoms with E-state index in [9.17, 15) is 0 Å². The Morgan fingerprint density at radius 2 is 1.77 bits per heavy atom. The Morgan fingerprint density at radius 1 is 1.23 bits per heavy atom. The van der Waals surface area contributed by atoms with E-state index < -0.39 is 0 Å². The monoisotopic (exact) mass is 201 g/mol. The summed E-state index contributed by atoms with van der Waals surface area (Å²) in [5, 5.41) is 18.3. The Labute approximate surface area is 81.0 Å². The molecule has 1 aromatic heterocycles. The summed E-state index contributed by atoms with van der Waals surface area (Å²) in [6.07, 6.45) is 1.34. The minimum atomic E-state index is -0.373. The van der Waals surface area contributed by atoms with E-state index in [4.69, 9.17) is 15.9 Å². The quantitative estimate of drug-likeness (QED) is 0.529. The van der Waals surface area contributed by atoms with Crippen LogP contribution < -0.4 is 5.73 Å². The smallest absolute Gasteiger partial charge is 0.242 e. The van der Waals surface area contributed by atoms with Crippen LogP contribution in [0.5, 0.6) is 11.8 Å². The predicted octanol–water partition coefficient (Wildman–Crippen LogP) is 0.332. The number of hydrogen-bond donors (Lipinski definition) is 4. The largest absolute Gasteiger partial charge is 0.492 e. The van der Waals surface area contributed by atoms with Gasteiger partial charge in [0.05, 0.1) is 0 Å². The van der Waals surface area contributed by atoms with Crippen LogP contribution in [-0.4, -0.2) is 25.9 Å². The minimum absolute atomic E-state index is 0.186. The number of anilines is 1. The summed E-state index contributed by atoms with van der Waals surface area (Å²) in [7, 11) is 0. The van der Waals surface area contributed by atoms with Crippen molar-refractivity contribution >= 4 is 18.3 Å². The first-order valence-electron chi connectivity index (χ1n) is 3.80. The highest BCUT2D eigenvalue weighted by molar-refractivity contribution is 7.80. The van der Waals surface area contributed by atoms with Crippen LogP contribution in [0.25, 0.3) is 0 Å². The Bertz CT molecular complexity index is 283. The van der Waals surface area contributed by atoms with Crippen LogP contribution >= 0.6 is 12.6 Å². The third-order valence-corrected chi connectivity index (χ3v) is 1.83. The molecule has 0 aliphatic heterocycles. The number of nitrogens with zero attached hydrogens (tertiary/aromatic N) is 2. The average Bonchev–Trinajstić information content (AvgIpc) is 2.10. The fourth-order valence-corrected chi connectivity index (χ4v) is 0.997. The topological polar surface area (TPSA) is 92.3 Å². The lowest BCUT2D eigenvalue weighted by molar-refractivity contribution is 0.421. The molecular formula is C7H11N3O2S. The molecule has 4 N–H and O–H groups in total. The summed E-state index contributed by atoms with van der Waals surface area (Å²) >= 11 is 4.02. The lowest BCUT2D eigenvalue weighted by atomic mass is 10.3. The van der Waals surface area contributed by atoms with Gasteiger partial charge in [-0.25, -0.2) is 0 Å². The summed E-state index contributed by atoms with van der Waals surface area (Å²) in [6, 6.07) is 0. The standard InChI is InChI=1S/C7H11N3O2S/c8-5-6(11)9-4(2-1-3-13)10-7(5)12/h13H,1-3,8H2,(H2,9,10,11,12). The van der Waals surface area contributed by atoms with E-state index in [0.29, 0.717) is 18.0 Å². The lowest BCUT2D eigenvalue weighted by Crippen LogP contribution is -1.99. The molecule has 1 rings (SSSR count). The fraction of sp³-hybridized carbons (Fsp3) is 0.429. The van der Waals surface area contributed by atoms with Gasteiger partial charge in [-0.15, -0.1) is 0 Å². The zero-order valence-corrected chi connectivity index (χ0v) is 7.83. The van der Waals surface area contributed by atoms with E-state index in [1.54, 1.807) is 0 Å². The van der Waals surface area contributed by atoms with E-state index in [1.165, 1.54) is 0 Å². The van der Waals surface area contributed by atoms with Crippen LogP contribution in [0.1, 0.15) is 12.2 Å². The first-order valence-corrected chi connectivity index (χ1v) is 4.43. The van der Waals surface area contributed by atoms with Gasteiger partial charge in [0.1, 0.15) is 5.82 Å². The van der Waals surface area contributed by atoms with Crippen LogP contribution in [0.15, 0.2) is 0 Å². The van der Waals surface area contributed by atoms with E-state index >= 15 is 0 Å². The van der Waals surface area contributed by atoms with Crippen molar-refractivity contribution in [1.82, 2.24) is 9.97 Å². The molecular weight excluding hydrogens is 190 g/mol. The minimum Gasteiger partial charge on any atom is -0.492 e. The third kappa shape index (κ3) is 2.38. The molecule has 0 saturated carbocycles. The third-order valence-electron chi connectivity index (χ3n) is 1.51. The van der Waals surface area contributed by atoms with E-state index in [-0.39, 0.29) is 17.4 Å². The molecule has 5 nitrogen and oxygen atoms in total. The van der Waals surface area contributed by atoms with Crippen LogP contribution in [0.2, 0.25) is 0 Å². The number of nitrogen functional groups attached to an aromatic ring is 1. The molecule has 0 fully saturated rings. The molecule has 0 saturated heterocycles. The van der Waals surface area contributed by atoms with E-state index in [0.717, 1.165) is 6.42 Å². The molecule has 0 bridgehead atoms. The van der Waals surface area contributed by atoms with Crippen molar-refractivity contribution < 1.29 is 10.2 Å². The molecule has 1 heterocycles. The van der Waals surface area contributed by atoms with Gasteiger partial charge in [-0.1, -0.05) is 0 Å². The molecule has 0 spiro atoms. The molecule has 0 atom stereocenters. The van der Waals surface area contributed by atoms with Crippen molar-refractivity contribution in [1.29, 1.82) is 0 Å². The van der Waals surface area contributed by atoms with Gasteiger partial charge in [0.25, 0.3) is 0 Å². The van der Waals surface area contributed by atoms with Crippen LogP contribution in [0.4, 0.5) is 5.69 Å². The Balaban J connectivity index is 2.86. The highest BCUT2D eigenvalue weighted by Crippen LogP contribution is 2.25. The van der Waals surface area contributed by atoms with Gasteiger partial charge >= 0.3 is 0 Å².